The van der Waals surface area contributed by atoms with E-state index in [2.05, 4.69) is 25.7 Å². The number of rotatable bonds is 2. The fourth-order valence-corrected chi connectivity index (χ4v) is 0.354. The minimum Gasteiger partial charge on any atom is -0.103 e. The third-order valence-corrected chi connectivity index (χ3v) is 0.780. The van der Waals surface area contributed by atoms with E-state index >= 15 is 0 Å². The highest BCUT2D eigenvalue weighted by molar-refractivity contribution is 5.00. The molecule has 0 rings (SSSR count). The van der Waals surface area contributed by atoms with Gasteiger partial charge in [-0.05, 0) is 6.42 Å². The van der Waals surface area contributed by atoms with E-state index in [1.54, 1.807) is 0 Å². The summed E-state index contributed by atoms with van der Waals surface area (Å²) >= 11 is 0. The molecule has 0 aromatic carbocycles. The molecule has 7 heavy (non-hydrogen) atoms. The standard InChI is InChI=1S/C7H11/c1-3-5-7-6-4-2/h1,4,6-7H2,2H3. The van der Waals surface area contributed by atoms with E-state index in [9.17, 15) is 0 Å². The molecule has 0 aliphatic rings. The van der Waals surface area contributed by atoms with Crippen LogP contribution >= 0.6 is 0 Å². The Morgan fingerprint density at radius 2 is 2.29 bits per heavy atom. The minimum atomic E-state index is 1.01. The highest BCUT2D eigenvalue weighted by Crippen LogP contribution is 1.89. The SMILES string of the molecule is [CH2]C#CCCCC. The molecule has 0 N–H and O–H groups in total. The molecule has 0 aliphatic carbocycles. The average molecular weight is 95.2 g/mol. The maximum absolute atomic E-state index is 3.40. The third-order valence-electron chi connectivity index (χ3n) is 0.780. The van der Waals surface area contributed by atoms with Crippen molar-refractivity contribution in [3.05, 3.63) is 6.92 Å². The van der Waals surface area contributed by atoms with Crippen LogP contribution in [-0.2, 0) is 0 Å². The van der Waals surface area contributed by atoms with Gasteiger partial charge in [-0.3, -0.25) is 0 Å². The summed E-state index contributed by atoms with van der Waals surface area (Å²) in [5, 5.41) is 0. The van der Waals surface area contributed by atoms with Crippen LogP contribution in [0.4, 0.5) is 0 Å². The molecule has 0 heterocycles. The van der Waals surface area contributed by atoms with Crippen molar-refractivity contribution in [3.63, 3.8) is 0 Å². The first-order valence-electron chi connectivity index (χ1n) is 2.66. The number of unbranched alkanes of at least 4 members (excludes halogenated alkanes) is 2. The van der Waals surface area contributed by atoms with Crippen molar-refractivity contribution >= 4 is 0 Å². The van der Waals surface area contributed by atoms with Crippen molar-refractivity contribution < 1.29 is 0 Å². The van der Waals surface area contributed by atoms with Gasteiger partial charge in [-0.1, -0.05) is 13.3 Å². The van der Waals surface area contributed by atoms with Crippen molar-refractivity contribution in [2.45, 2.75) is 26.2 Å². The predicted octanol–water partition coefficient (Wildman–Crippen LogP) is 2.01. The molecule has 39 valence electrons. The fraction of sp³-hybridized carbons (Fsp3) is 0.571. The largest absolute Gasteiger partial charge is 0.103 e. The van der Waals surface area contributed by atoms with Crippen LogP contribution in [0.2, 0.25) is 0 Å². The van der Waals surface area contributed by atoms with Gasteiger partial charge in [-0.15, -0.1) is 11.8 Å². The summed E-state index contributed by atoms with van der Waals surface area (Å²) in [5.41, 5.74) is 0. The highest BCUT2D eigenvalue weighted by Gasteiger charge is 1.72. The summed E-state index contributed by atoms with van der Waals surface area (Å²) < 4.78 is 0. The summed E-state index contributed by atoms with van der Waals surface area (Å²) in [6.45, 7) is 5.55. The molecule has 0 atom stereocenters. The minimum absolute atomic E-state index is 1.01. The molecule has 0 fully saturated rings. The summed E-state index contributed by atoms with van der Waals surface area (Å²) in [5.74, 6) is 5.49. The van der Waals surface area contributed by atoms with Gasteiger partial charge in [0.25, 0.3) is 0 Å². The monoisotopic (exact) mass is 95.1 g/mol. The maximum Gasteiger partial charge on any atom is 0.0198 e. The Morgan fingerprint density at radius 1 is 1.57 bits per heavy atom. The van der Waals surface area contributed by atoms with Crippen LogP contribution in [0.25, 0.3) is 0 Å². The summed E-state index contributed by atoms with van der Waals surface area (Å²) in [4.78, 5) is 0. The number of hydrogen-bond acceptors (Lipinski definition) is 0. The molecule has 0 bridgehead atoms. The van der Waals surface area contributed by atoms with E-state index in [1.165, 1.54) is 12.8 Å². The molecule has 0 nitrogen and oxygen atoms in total. The van der Waals surface area contributed by atoms with Crippen molar-refractivity contribution in [3.8, 4) is 11.8 Å². The van der Waals surface area contributed by atoms with Crippen molar-refractivity contribution in [2.24, 2.45) is 0 Å². The zero-order valence-corrected chi connectivity index (χ0v) is 4.83. The van der Waals surface area contributed by atoms with Crippen molar-refractivity contribution in [1.82, 2.24) is 0 Å². The molecule has 0 saturated heterocycles. The second kappa shape index (κ2) is 5.56. The molecule has 1 radical (unpaired) electrons. The Labute approximate surface area is 45.9 Å². The molecular weight excluding hydrogens is 84.1 g/mol. The Balaban J connectivity index is 2.78. The van der Waals surface area contributed by atoms with Gasteiger partial charge in [-0.2, -0.15) is 0 Å². The third kappa shape index (κ3) is 5.56. The van der Waals surface area contributed by atoms with Gasteiger partial charge in [0.2, 0.25) is 0 Å². The van der Waals surface area contributed by atoms with Gasteiger partial charge >= 0.3 is 0 Å². The molecule has 0 heteroatoms. The lowest BCUT2D eigenvalue weighted by molar-refractivity contribution is 0.828. The second-order valence-corrected chi connectivity index (χ2v) is 1.46. The highest BCUT2D eigenvalue weighted by atomic mass is 13.8. The van der Waals surface area contributed by atoms with E-state index in [1.807, 2.05) is 0 Å². The topological polar surface area (TPSA) is 0 Å². The van der Waals surface area contributed by atoms with Crippen LogP contribution in [0.3, 0.4) is 0 Å². The normalized spacial score (nSPS) is 7.14. The summed E-state index contributed by atoms with van der Waals surface area (Å²) in [7, 11) is 0. The van der Waals surface area contributed by atoms with E-state index in [4.69, 9.17) is 0 Å². The average Bonchev–Trinajstić information content (AvgIpc) is 1.69. The first kappa shape index (κ1) is 6.56. The molecule has 0 amide bonds. The summed E-state index contributed by atoms with van der Waals surface area (Å²) in [6.07, 6.45) is 3.46. The molecule has 0 aliphatic heterocycles. The van der Waals surface area contributed by atoms with Crippen molar-refractivity contribution in [2.75, 3.05) is 0 Å². The van der Waals surface area contributed by atoms with Crippen LogP contribution in [-0.4, -0.2) is 0 Å². The van der Waals surface area contributed by atoms with Gasteiger partial charge in [-0.25, -0.2) is 0 Å². The first-order chi connectivity index (χ1) is 3.41. The lowest BCUT2D eigenvalue weighted by atomic mass is 10.3. The fourth-order valence-electron chi connectivity index (χ4n) is 0.354. The molecule has 0 aromatic rings. The second-order valence-electron chi connectivity index (χ2n) is 1.46. The van der Waals surface area contributed by atoms with Crippen LogP contribution in [0, 0.1) is 18.8 Å². The van der Waals surface area contributed by atoms with Crippen molar-refractivity contribution in [1.29, 1.82) is 0 Å². The molecule has 0 unspecified atom stereocenters. The molecule has 0 spiro atoms. The van der Waals surface area contributed by atoms with Gasteiger partial charge in [0, 0.05) is 13.3 Å². The van der Waals surface area contributed by atoms with Gasteiger partial charge in [0.1, 0.15) is 0 Å². The Bertz CT molecular complexity index is 71.8. The zero-order valence-electron chi connectivity index (χ0n) is 4.83. The molecule has 0 saturated carbocycles. The zero-order chi connectivity index (χ0) is 5.54. The Hall–Kier alpha value is -0.440. The van der Waals surface area contributed by atoms with E-state index in [0.717, 1.165) is 6.42 Å². The first-order valence-corrected chi connectivity index (χ1v) is 2.66. The van der Waals surface area contributed by atoms with E-state index in [0.29, 0.717) is 0 Å². The molecular formula is C7H11. The lowest BCUT2D eigenvalue weighted by Gasteiger charge is -1.80. The van der Waals surface area contributed by atoms with Gasteiger partial charge in [0.15, 0.2) is 0 Å². The van der Waals surface area contributed by atoms with Gasteiger partial charge in [0.05, 0.1) is 0 Å². The summed E-state index contributed by atoms with van der Waals surface area (Å²) in [6, 6.07) is 0. The van der Waals surface area contributed by atoms with E-state index in [-0.39, 0.29) is 0 Å². The number of hydrogen-bond donors (Lipinski definition) is 0. The lowest BCUT2D eigenvalue weighted by Crippen LogP contribution is -1.64. The van der Waals surface area contributed by atoms with E-state index < -0.39 is 0 Å². The van der Waals surface area contributed by atoms with Crippen LogP contribution in [0.5, 0.6) is 0 Å². The van der Waals surface area contributed by atoms with Crippen LogP contribution in [0.15, 0.2) is 0 Å². The predicted molar refractivity (Wildman–Crippen MR) is 32.7 cm³/mol. The van der Waals surface area contributed by atoms with Crippen LogP contribution < -0.4 is 0 Å². The van der Waals surface area contributed by atoms with Crippen LogP contribution in [0.1, 0.15) is 26.2 Å². The van der Waals surface area contributed by atoms with Gasteiger partial charge < -0.3 is 0 Å². The Morgan fingerprint density at radius 3 is 2.71 bits per heavy atom. The maximum atomic E-state index is 3.40. The Kier molecular flexibility index (Phi) is 5.21. The molecule has 0 aromatic heterocycles. The quantitative estimate of drug-likeness (QED) is 0.363. The smallest absolute Gasteiger partial charge is 0.0198 e.